The number of pyridine rings is 1. The van der Waals surface area contributed by atoms with Crippen molar-refractivity contribution in [2.75, 3.05) is 18.4 Å². The number of fused-ring (bicyclic) bond motifs is 1. The van der Waals surface area contributed by atoms with Crippen LogP contribution in [0, 0.1) is 17.7 Å². The van der Waals surface area contributed by atoms with Gasteiger partial charge >= 0.3 is 6.09 Å². The third kappa shape index (κ3) is 4.74. The second-order valence-electron chi connectivity index (χ2n) is 10.2. The number of halogens is 7. The van der Waals surface area contributed by atoms with E-state index in [1.54, 1.807) is 0 Å². The number of piperidine rings is 1. The number of carbonyl (C=O) groups excluding carboxylic acids is 1. The summed E-state index contributed by atoms with van der Waals surface area (Å²) in [7, 11) is 0. The van der Waals surface area contributed by atoms with Gasteiger partial charge in [0.15, 0.2) is 0 Å². The van der Waals surface area contributed by atoms with Crippen molar-refractivity contribution in [2.45, 2.75) is 49.7 Å². The van der Waals surface area contributed by atoms with Crippen LogP contribution >= 0.6 is 0 Å². The molecule has 8 nitrogen and oxygen atoms in total. The summed E-state index contributed by atoms with van der Waals surface area (Å²) in [6, 6.07) is 0.579. The third-order valence-corrected chi connectivity index (χ3v) is 7.90. The fourth-order valence-corrected chi connectivity index (χ4v) is 5.42. The zero-order chi connectivity index (χ0) is 29.1. The van der Waals surface area contributed by atoms with Crippen LogP contribution in [0.5, 0.6) is 0 Å². The number of nitrogens with one attached hydrogen (secondary N) is 2. The topological polar surface area (TPSA) is 104 Å². The molecule has 40 heavy (non-hydrogen) atoms. The van der Waals surface area contributed by atoms with Crippen molar-refractivity contribution in [2.24, 2.45) is 11.8 Å². The van der Waals surface area contributed by atoms with E-state index in [0.717, 1.165) is 24.4 Å². The van der Waals surface area contributed by atoms with Crippen molar-refractivity contribution in [1.29, 1.82) is 0 Å². The van der Waals surface area contributed by atoms with E-state index in [2.05, 4.69) is 5.32 Å². The quantitative estimate of drug-likeness (QED) is 0.384. The number of anilines is 1. The summed E-state index contributed by atoms with van der Waals surface area (Å²) in [5, 5.41) is 14.0. The van der Waals surface area contributed by atoms with Gasteiger partial charge < -0.3 is 25.2 Å². The largest absolute Gasteiger partial charge is 0.465 e. The van der Waals surface area contributed by atoms with Crippen molar-refractivity contribution in [1.82, 2.24) is 14.8 Å². The monoisotopic (exact) mass is 576 g/mol. The van der Waals surface area contributed by atoms with E-state index >= 15 is 0 Å². The highest BCUT2D eigenvalue weighted by molar-refractivity contribution is 5.99. The zero-order valence-corrected chi connectivity index (χ0v) is 20.5. The molecule has 2 heterocycles. The predicted molar refractivity (Wildman–Crippen MR) is 125 cm³/mol. The Hall–Kier alpha value is -3.78. The molecule has 15 heteroatoms. The SMILES string of the molecule is O=C(NC(c1cccc(C(F)F)c1F)C(F)F)c1cn(C2(C(F)F)CC2)c(=O)cc1N[C@@H]1[C@@H]2CN(C(=O)O)C[C@@H]21. The van der Waals surface area contributed by atoms with Crippen LogP contribution in [-0.2, 0) is 5.54 Å². The van der Waals surface area contributed by atoms with E-state index in [1.807, 2.05) is 5.32 Å². The number of rotatable bonds is 9. The van der Waals surface area contributed by atoms with Crippen molar-refractivity contribution >= 4 is 17.7 Å². The summed E-state index contributed by atoms with van der Waals surface area (Å²) in [4.78, 5) is 38.5. The number of nitrogens with zero attached hydrogens (tertiary/aromatic N) is 2. The maximum absolute atomic E-state index is 14.7. The van der Waals surface area contributed by atoms with Crippen molar-refractivity contribution in [3.63, 3.8) is 0 Å². The Kier molecular flexibility index (Phi) is 6.94. The van der Waals surface area contributed by atoms with E-state index < -0.39 is 70.9 Å². The smallest absolute Gasteiger partial charge is 0.407 e. The van der Waals surface area contributed by atoms with Crippen LogP contribution < -0.4 is 16.2 Å². The normalized spacial score (nSPS) is 23.4. The second-order valence-corrected chi connectivity index (χ2v) is 10.2. The summed E-state index contributed by atoms with van der Waals surface area (Å²) in [6.45, 7) is 0.357. The van der Waals surface area contributed by atoms with Gasteiger partial charge in [-0.2, -0.15) is 0 Å². The van der Waals surface area contributed by atoms with Gasteiger partial charge in [0.2, 0.25) is 0 Å². The highest BCUT2D eigenvalue weighted by Crippen LogP contribution is 2.49. The lowest BCUT2D eigenvalue weighted by Gasteiger charge is -2.24. The summed E-state index contributed by atoms with van der Waals surface area (Å²) in [5.41, 5.74) is -5.43. The molecule has 3 N–H and O–H groups in total. The van der Waals surface area contributed by atoms with Crippen LogP contribution in [0.2, 0.25) is 0 Å². The average molecular weight is 576 g/mol. The lowest BCUT2D eigenvalue weighted by Crippen LogP contribution is -2.39. The fourth-order valence-electron chi connectivity index (χ4n) is 5.42. The number of carbonyl (C=O) groups is 2. The minimum Gasteiger partial charge on any atom is -0.465 e. The van der Waals surface area contributed by atoms with Gasteiger partial charge in [-0.25, -0.2) is 35.5 Å². The van der Waals surface area contributed by atoms with Gasteiger partial charge in [-0.05, 0) is 12.8 Å². The molecule has 1 aromatic heterocycles. The van der Waals surface area contributed by atoms with Gasteiger partial charge in [0.1, 0.15) is 17.4 Å². The number of benzene rings is 1. The molecule has 2 aromatic rings. The van der Waals surface area contributed by atoms with Crippen LogP contribution in [-0.4, -0.2) is 58.6 Å². The average Bonchev–Trinajstić information content (AvgIpc) is 3.76. The third-order valence-electron chi connectivity index (χ3n) is 7.90. The molecule has 0 bridgehead atoms. The number of amides is 2. The molecule has 4 atom stereocenters. The van der Waals surface area contributed by atoms with E-state index in [0.29, 0.717) is 10.6 Å². The number of aromatic nitrogens is 1. The van der Waals surface area contributed by atoms with Crippen LogP contribution in [0.15, 0.2) is 35.3 Å². The first-order valence-corrected chi connectivity index (χ1v) is 12.3. The Balaban J connectivity index is 1.48. The molecule has 2 aliphatic carbocycles. The van der Waals surface area contributed by atoms with Gasteiger partial charge in [0.05, 0.1) is 16.8 Å². The van der Waals surface area contributed by atoms with Gasteiger partial charge in [-0.1, -0.05) is 18.2 Å². The summed E-state index contributed by atoms with van der Waals surface area (Å²) in [5.74, 6) is -3.24. The van der Waals surface area contributed by atoms with Crippen LogP contribution in [0.4, 0.5) is 41.2 Å². The Morgan fingerprint density at radius 2 is 1.65 bits per heavy atom. The molecular formula is C25H23F7N4O4. The molecule has 2 saturated carbocycles. The number of hydrogen-bond acceptors (Lipinski definition) is 4. The first kappa shape index (κ1) is 27.8. The molecule has 5 rings (SSSR count). The van der Waals surface area contributed by atoms with Gasteiger partial charge in [-0.15, -0.1) is 0 Å². The van der Waals surface area contributed by atoms with Gasteiger partial charge in [-0.3, -0.25) is 9.59 Å². The molecule has 1 unspecified atom stereocenters. The van der Waals surface area contributed by atoms with E-state index in [-0.39, 0.29) is 49.5 Å². The second kappa shape index (κ2) is 10.0. The standard InChI is InChI=1S/C25H23F7N4O4/c26-17-10(2-1-3-11(17)20(27)28)19(21(29)30)34-22(38)14-9-36(25(4-5-25)23(31)32)16(37)6-15(14)33-18-12-7-35(24(39)40)8-13(12)18/h1-3,6,9,12-13,18-21,23,33H,4-5,7-8H2,(H,34,38)(H,39,40)/t12-,13+,18-,19?. The minimum atomic E-state index is -3.45. The minimum absolute atomic E-state index is 0.0680. The first-order chi connectivity index (χ1) is 18.9. The Labute approximate surface area is 221 Å². The predicted octanol–water partition coefficient (Wildman–Crippen LogP) is 4.44. The molecule has 2 amide bonds. The first-order valence-electron chi connectivity index (χ1n) is 12.3. The summed E-state index contributed by atoms with van der Waals surface area (Å²) in [6.07, 6.45) is -10.2. The molecule has 3 fully saturated rings. The van der Waals surface area contributed by atoms with E-state index in [1.165, 1.54) is 4.90 Å². The van der Waals surface area contributed by atoms with Crippen molar-refractivity contribution in [3.05, 3.63) is 63.3 Å². The summed E-state index contributed by atoms with van der Waals surface area (Å²) >= 11 is 0. The number of likely N-dealkylation sites (tertiary alicyclic amines) is 1. The maximum Gasteiger partial charge on any atom is 0.407 e. The maximum atomic E-state index is 14.7. The molecule has 1 aromatic carbocycles. The molecule has 0 radical (unpaired) electrons. The highest BCUT2D eigenvalue weighted by Gasteiger charge is 2.57. The highest BCUT2D eigenvalue weighted by atomic mass is 19.3. The fraction of sp³-hybridized carbons (Fsp3) is 0.480. The Morgan fingerprint density at radius 3 is 2.17 bits per heavy atom. The molecule has 1 saturated heterocycles. The number of alkyl halides is 6. The van der Waals surface area contributed by atoms with Crippen molar-refractivity contribution < 1.29 is 45.4 Å². The molecule has 3 aliphatic rings. The lowest BCUT2D eigenvalue weighted by molar-refractivity contribution is 0.0643. The number of carboxylic acid groups (broad SMARTS) is 1. The summed E-state index contributed by atoms with van der Waals surface area (Å²) < 4.78 is 97.3. The molecule has 216 valence electrons. The van der Waals surface area contributed by atoms with Crippen LogP contribution in [0.1, 0.15) is 46.8 Å². The molecule has 1 aliphatic heterocycles. The molecular weight excluding hydrogens is 553 g/mol. The van der Waals surface area contributed by atoms with Gasteiger partial charge in [0.25, 0.3) is 30.7 Å². The van der Waals surface area contributed by atoms with Crippen LogP contribution in [0.3, 0.4) is 0 Å². The van der Waals surface area contributed by atoms with E-state index in [4.69, 9.17) is 5.11 Å². The Bertz CT molecular complexity index is 1390. The van der Waals surface area contributed by atoms with Crippen LogP contribution in [0.25, 0.3) is 0 Å². The Morgan fingerprint density at radius 1 is 1.02 bits per heavy atom. The number of hydrogen-bond donors (Lipinski definition) is 3. The lowest BCUT2D eigenvalue weighted by atomic mass is 10.0. The molecule has 0 spiro atoms. The van der Waals surface area contributed by atoms with Gasteiger partial charge in [0, 0.05) is 48.8 Å². The zero-order valence-electron chi connectivity index (χ0n) is 20.5. The van der Waals surface area contributed by atoms with Crippen molar-refractivity contribution in [3.8, 4) is 0 Å². The van der Waals surface area contributed by atoms with E-state index in [9.17, 15) is 45.1 Å².